The average molecular weight is 311 g/mol. The summed E-state index contributed by atoms with van der Waals surface area (Å²) in [5.74, 6) is 3.14. The highest BCUT2D eigenvalue weighted by Crippen LogP contribution is 2.61. The molecule has 0 N–H and O–H groups in total. The molecule has 4 rings (SSSR count). The van der Waals surface area contributed by atoms with E-state index in [-0.39, 0.29) is 11.5 Å². The van der Waals surface area contributed by atoms with Crippen LogP contribution in [0.15, 0.2) is 23.3 Å². The monoisotopic (exact) mass is 311 g/mol. The van der Waals surface area contributed by atoms with Crippen LogP contribution < -0.4 is 4.74 Å². The van der Waals surface area contributed by atoms with Gasteiger partial charge in [-0.3, -0.25) is 0 Å². The van der Waals surface area contributed by atoms with Crippen molar-refractivity contribution in [2.45, 2.75) is 57.4 Å². The lowest BCUT2D eigenvalue weighted by molar-refractivity contribution is 0.0497. The van der Waals surface area contributed by atoms with Gasteiger partial charge in [0.2, 0.25) is 0 Å². The summed E-state index contributed by atoms with van der Waals surface area (Å²) in [6.07, 6.45) is 7.15. The van der Waals surface area contributed by atoms with E-state index in [4.69, 9.17) is 10.3 Å². The molecular formula is C19H25N3O. The van der Waals surface area contributed by atoms with Crippen LogP contribution in [0.3, 0.4) is 0 Å². The van der Waals surface area contributed by atoms with Crippen LogP contribution in [0.2, 0.25) is 0 Å². The lowest BCUT2D eigenvalue weighted by Gasteiger charge is -2.50. The largest absolute Gasteiger partial charge is 0.497 e. The van der Waals surface area contributed by atoms with E-state index in [2.05, 4.69) is 35.1 Å². The molecular weight excluding hydrogens is 286 g/mol. The highest BCUT2D eigenvalue weighted by molar-refractivity contribution is 5.40. The van der Waals surface area contributed by atoms with E-state index in [9.17, 15) is 0 Å². The lowest BCUT2D eigenvalue weighted by Crippen LogP contribution is -2.43. The van der Waals surface area contributed by atoms with Crippen molar-refractivity contribution in [3.05, 3.63) is 39.8 Å². The van der Waals surface area contributed by atoms with E-state index in [0.717, 1.165) is 24.5 Å². The standard InChI is InChI=1S/C19H25N3O/c1-19-10-9-15-14-6-4-13(23-2)11-12(14)3-5-16(15)17(19)7-8-18(19)21-22-20/h4,6,11,15-18H,3,5,7-10H2,1-2H3/t15-,16-,17+,18+,19+/m1/s1. The molecule has 5 atom stereocenters. The lowest BCUT2D eigenvalue weighted by atomic mass is 9.55. The van der Waals surface area contributed by atoms with Gasteiger partial charge in [-0.25, -0.2) is 0 Å². The second-order valence-electron chi connectivity index (χ2n) is 7.82. The van der Waals surface area contributed by atoms with Crippen LogP contribution in [0.4, 0.5) is 0 Å². The van der Waals surface area contributed by atoms with Crippen LogP contribution in [0.1, 0.15) is 56.1 Å². The molecule has 2 fully saturated rings. The molecule has 122 valence electrons. The zero-order valence-electron chi connectivity index (χ0n) is 14.0. The van der Waals surface area contributed by atoms with Gasteiger partial charge < -0.3 is 4.74 Å². The number of benzene rings is 1. The minimum atomic E-state index is 0.204. The van der Waals surface area contributed by atoms with Gasteiger partial charge in [0.15, 0.2) is 0 Å². The zero-order valence-corrected chi connectivity index (χ0v) is 14.0. The first kappa shape index (κ1) is 14.9. The Morgan fingerprint density at radius 1 is 1.26 bits per heavy atom. The van der Waals surface area contributed by atoms with Crippen LogP contribution in [0.5, 0.6) is 5.75 Å². The Labute approximate surface area is 137 Å². The average Bonchev–Trinajstić information content (AvgIpc) is 2.91. The van der Waals surface area contributed by atoms with Gasteiger partial charge in [-0.05, 0) is 90.5 Å². The summed E-state index contributed by atoms with van der Waals surface area (Å²) in [6.45, 7) is 2.38. The van der Waals surface area contributed by atoms with Crippen molar-refractivity contribution in [1.29, 1.82) is 0 Å². The van der Waals surface area contributed by atoms with E-state index in [1.54, 1.807) is 12.7 Å². The summed E-state index contributed by atoms with van der Waals surface area (Å²) >= 11 is 0. The third-order valence-corrected chi connectivity index (χ3v) is 7.07. The smallest absolute Gasteiger partial charge is 0.119 e. The third kappa shape index (κ3) is 2.15. The molecule has 3 aliphatic carbocycles. The van der Waals surface area contributed by atoms with Gasteiger partial charge in [-0.2, -0.15) is 0 Å². The fourth-order valence-electron chi connectivity index (χ4n) is 5.91. The fraction of sp³-hybridized carbons (Fsp3) is 0.684. The van der Waals surface area contributed by atoms with E-state index < -0.39 is 0 Å². The van der Waals surface area contributed by atoms with E-state index >= 15 is 0 Å². The molecule has 0 unspecified atom stereocenters. The van der Waals surface area contributed by atoms with Gasteiger partial charge in [0.1, 0.15) is 5.75 Å². The summed E-state index contributed by atoms with van der Waals surface area (Å²) in [7, 11) is 1.74. The number of hydrogen-bond acceptors (Lipinski definition) is 2. The van der Waals surface area contributed by atoms with Gasteiger partial charge in [-0.15, -0.1) is 0 Å². The molecule has 3 aliphatic rings. The molecule has 0 aromatic heterocycles. The van der Waals surface area contributed by atoms with Crippen LogP contribution in [-0.2, 0) is 6.42 Å². The Morgan fingerprint density at radius 3 is 2.91 bits per heavy atom. The maximum absolute atomic E-state index is 8.89. The Balaban J connectivity index is 1.66. The molecule has 0 bridgehead atoms. The minimum absolute atomic E-state index is 0.204. The number of fused-ring (bicyclic) bond motifs is 5. The van der Waals surface area contributed by atoms with Crippen molar-refractivity contribution in [2.75, 3.05) is 7.11 Å². The molecule has 4 heteroatoms. The zero-order chi connectivity index (χ0) is 16.0. The minimum Gasteiger partial charge on any atom is -0.497 e. The number of hydrogen-bond donors (Lipinski definition) is 0. The number of methoxy groups -OCH3 is 1. The molecule has 0 spiro atoms. The van der Waals surface area contributed by atoms with Gasteiger partial charge >= 0.3 is 0 Å². The maximum atomic E-state index is 8.89. The normalized spacial score (nSPS) is 38.0. The van der Waals surface area contributed by atoms with Crippen LogP contribution in [0.25, 0.3) is 10.4 Å². The number of nitrogens with zero attached hydrogens (tertiary/aromatic N) is 3. The number of rotatable bonds is 2. The summed E-state index contributed by atoms with van der Waals surface area (Å²) in [4.78, 5) is 3.12. The Morgan fingerprint density at radius 2 is 2.13 bits per heavy atom. The SMILES string of the molecule is COc1ccc2c(c1)CC[C@@H]1[C@@H]2CC[C@]2(C)[C@@H](N=[N+]=[N-])CC[C@@H]12. The maximum Gasteiger partial charge on any atom is 0.119 e. The third-order valence-electron chi connectivity index (χ3n) is 7.07. The Bertz CT molecular complexity index is 667. The Kier molecular flexibility index (Phi) is 3.53. The number of ether oxygens (including phenoxy) is 1. The van der Waals surface area contributed by atoms with Gasteiger partial charge in [0.05, 0.1) is 7.11 Å². The molecule has 0 amide bonds. The predicted molar refractivity (Wildman–Crippen MR) is 90.5 cm³/mol. The second-order valence-corrected chi connectivity index (χ2v) is 7.82. The van der Waals surface area contributed by atoms with Crippen molar-refractivity contribution >= 4 is 0 Å². The highest BCUT2D eigenvalue weighted by Gasteiger charge is 2.54. The van der Waals surface area contributed by atoms with Crippen LogP contribution >= 0.6 is 0 Å². The fourth-order valence-corrected chi connectivity index (χ4v) is 5.91. The first-order valence-electron chi connectivity index (χ1n) is 8.88. The van der Waals surface area contributed by atoms with E-state index in [1.165, 1.54) is 31.2 Å². The van der Waals surface area contributed by atoms with E-state index in [1.807, 2.05) is 0 Å². The summed E-state index contributed by atoms with van der Waals surface area (Å²) in [5, 5.41) is 4.15. The Hall–Kier alpha value is -1.67. The molecule has 0 heterocycles. The molecule has 4 nitrogen and oxygen atoms in total. The molecule has 0 radical (unpaired) electrons. The quantitative estimate of drug-likeness (QED) is 0.419. The van der Waals surface area contributed by atoms with E-state index in [0.29, 0.717) is 11.8 Å². The topological polar surface area (TPSA) is 58.0 Å². The molecule has 0 aliphatic heterocycles. The molecule has 0 saturated heterocycles. The first-order valence-corrected chi connectivity index (χ1v) is 8.88. The van der Waals surface area contributed by atoms with Crippen LogP contribution in [0, 0.1) is 17.3 Å². The highest BCUT2D eigenvalue weighted by atomic mass is 16.5. The predicted octanol–water partition coefficient (Wildman–Crippen LogP) is 5.23. The summed E-state index contributed by atoms with van der Waals surface area (Å²) in [5.41, 5.74) is 12.1. The second kappa shape index (κ2) is 5.45. The molecule has 1 aromatic rings. The van der Waals surface area contributed by atoms with Crippen molar-refractivity contribution in [2.24, 2.45) is 22.4 Å². The summed E-state index contributed by atoms with van der Waals surface area (Å²) < 4.78 is 5.40. The van der Waals surface area contributed by atoms with Gasteiger partial charge in [0, 0.05) is 11.0 Å². The van der Waals surface area contributed by atoms with Crippen molar-refractivity contribution in [1.82, 2.24) is 0 Å². The molecule has 23 heavy (non-hydrogen) atoms. The first-order chi connectivity index (χ1) is 11.2. The number of azide groups is 1. The summed E-state index contributed by atoms with van der Waals surface area (Å²) in [6, 6.07) is 6.85. The van der Waals surface area contributed by atoms with Crippen LogP contribution in [-0.4, -0.2) is 13.2 Å². The van der Waals surface area contributed by atoms with Gasteiger partial charge in [-0.1, -0.05) is 18.1 Å². The molecule has 2 saturated carbocycles. The van der Waals surface area contributed by atoms with Gasteiger partial charge in [0.25, 0.3) is 0 Å². The number of aryl methyl sites for hydroxylation is 1. The van der Waals surface area contributed by atoms with Crippen molar-refractivity contribution < 1.29 is 4.74 Å². The molecule has 1 aromatic carbocycles. The van der Waals surface area contributed by atoms with Crippen molar-refractivity contribution in [3.63, 3.8) is 0 Å². The van der Waals surface area contributed by atoms with Crippen molar-refractivity contribution in [3.8, 4) is 5.75 Å².